The monoisotopic (exact) mass is 401 g/mol. The number of H-pyrrole nitrogens is 2. The van der Waals surface area contributed by atoms with Crippen molar-refractivity contribution in [2.24, 2.45) is 0 Å². The van der Waals surface area contributed by atoms with E-state index in [4.69, 9.17) is 0 Å². The first kappa shape index (κ1) is 18.3. The van der Waals surface area contributed by atoms with Crippen molar-refractivity contribution in [2.75, 3.05) is 18.4 Å². The van der Waals surface area contributed by atoms with E-state index in [-0.39, 0.29) is 18.4 Å². The highest BCUT2D eigenvalue weighted by Crippen LogP contribution is 2.27. The molecule has 4 N–H and O–H groups in total. The Morgan fingerprint density at radius 3 is 2.90 bits per heavy atom. The van der Waals surface area contributed by atoms with Crippen molar-refractivity contribution in [1.82, 2.24) is 20.2 Å². The molecule has 152 valence electrons. The number of nitrogens with zero attached hydrogens (tertiary/aromatic N) is 1. The SMILES string of the molecule is O=C(CCNC(=O)N1CCc2c([nH]c3ccccc23)C1)Nc1ccc2[nH]ccc2c1. The number of benzene rings is 2. The van der Waals surface area contributed by atoms with Gasteiger partial charge in [0.2, 0.25) is 5.91 Å². The summed E-state index contributed by atoms with van der Waals surface area (Å²) >= 11 is 0. The molecule has 4 aromatic rings. The Morgan fingerprint density at radius 2 is 1.97 bits per heavy atom. The van der Waals surface area contributed by atoms with E-state index in [0.29, 0.717) is 19.6 Å². The molecule has 7 nitrogen and oxygen atoms in total. The molecule has 0 aliphatic carbocycles. The average molecular weight is 401 g/mol. The van der Waals surface area contributed by atoms with Gasteiger partial charge < -0.3 is 25.5 Å². The molecule has 0 radical (unpaired) electrons. The number of hydrogen-bond acceptors (Lipinski definition) is 2. The van der Waals surface area contributed by atoms with Crippen molar-refractivity contribution in [2.45, 2.75) is 19.4 Å². The highest BCUT2D eigenvalue weighted by molar-refractivity contribution is 5.94. The third-order valence-corrected chi connectivity index (χ3v) is 5.64. The lowest BCUT2D eigenvalue weighted by molar-refractivity contribution is -0.116. The third kappa shape index (κ3) is 3.50. The molecule has 0 atom stereocenters. The van der Waals surface area contributed by atoms with Crippen LogP contribution in [-0.4, -0.2) is 39.9 Å². The number of fused-ring (bicyclic) bond motifs is 4. The largest absolute Gasteiger partial charge is 0.361 e. The van der Waals surface area contributed by atoms with Crippen molar-refractivity contribution >= 4 is 39.4 Å². The number of aromatic amines is 2. The number of hydrogen-bond donors (Lipinski definition) is 4. The fourth-order valence-electron chi connectivity index (χ4n) is 4.12. The van der Waals surface area contributed by atoms with E-state index in [1.807, 2.05) is 42.6 Å². The Balaban J connectivity index is 1.13. The van der Waals surface area contributed by atoms with Crippen LogP contribution in [0.25, 0.3) is 21.8 Å². The zero-order chi connectivity index (χ0) is 20.5. The summed E-state index contributed by atoms with van der Waals surface area (Å²) in [7, 11) is 0. The van der Waals surface area contributed by atoms with Crippen molar-refractivity contribution in [3.05, 3.63) is 66.0 Å². The third-order valence-electron chi connectivity index (χ3n) is 5.64. The number of urea groups is 1. The first-order valence-electron chi connectivity index (χ1n) is 10.2. The number of aromatic nitrogens is 2. The minimum atomic E-state index is -0.138. The topological polar surface area (TPSA) is 93.0 Å². The number of carbonyl (C=O) groups excluding carboxylic acids is 2. The van der Waals surface area contributed by atoms with Gasteiger partial charge >= 0.3 is 6.03 Å². The quantitative estimate of drug-likeness (QED) is 0.419. The molecule has 5 rings (SSSR count). The van der Waals surface area contributed by atoms with Crippen LogP contribution in [0.15, 0.2) is 54.7 Å². The van der Waals surface area contributed by atoms with E-state index >= 15 is 0 Å². The van der Waals surface area contributed by atoms with Gasteiger partial charge in [-0.3, -0.25) is 4.79 Å². The molecule has 2 aromatic heterocycles. The Hall–Kier alpha value is -3.74. The van der Waals surface area contributed by atoms with Gasteiger partial charge in [0.05, 0.1) is 6.54 Å². The summed E-state index contributed by atoms with van der Waals surface area (Å²) in [4.78, 5) is 33.1. The Kier molecular flexibility index (Phi) is 4.63. The predicted molar refractivity (Wildman–Crippen MR) is 117 cm³/mol. The normalized spacial score (nSPS) is 13.4. The van der Waals surface area contributed by atoms with Crippen LogP contribution in [0.5, 0.6) is 0 Å². The van der Waals surface area contributed by atoms with Gasteiger partial charge in [-0.05, 0) is 42.3 Å². The molecule has 1 aliphatic heterocycles. The Labute approximate surface area is 173 Å². The van der Waals surface area contributed by atoms with E-state index in [0.717, 1.165) is 34.2 Å². The van der Waals surface area contributed by atoms with Crippen molar-refractivity contribution in [3.63, 3.8) is 0 Å². The van der Waals surface area contributed by atoms with Gasteiger partial charge in [0.25, 0.3) is 0 Å². The van der Waals surface area contributed by atoms with Gasteiger partial charge in [0, 0.05) is 58.9 Å². The summed E-state index contributed by atoms with van der Waals surface area (Å²) in [6, 6.07) is 15.8. The minimum absolute atomic E-state index is 0.123. The minimum Gasteiger partial charge on any atom is -0.361 e. The summed E-state index contributed by atoms with van der Waals surface area (Å²) in [6.45, 7) is 1.52. The van der Waals surface area contributed by atoms with E-state index in [1.54, 1.807) is 4.90 Å². The smallest absolute Gasteiger partial charge is 0.317 e. The zero-order valence-corrected chi connectivity index (χ0v) is 16.5. The molecule has 0 unspecified atom stereocenters. The first-order valence-corrected chi connectivity index (χ1v) is 10.2. The van der Waals surface area contributed by atoms with Crippen molar-refractivity contribution < 1.29 is 9.59 Å². The number of para-hydroxylation sites is 1. The van der Waals surface area contributed by atoms with Gasteiger partial charge in [0.1, 0.15) is 0 Å². The molecule has 1 aliphatic rings. The number of carbonyl (C=O) groups is 2. The maximum Gasteiger partial charge on any atom is 0.317 e. The second-order valence-corrected chi connectivity index (χ2v) is 7.61. The molecule has 0 spiro atoms. The van der Waals surface area contributed by atoms with Crippen LogP contribution in [-0.2, 0) is 17.8 Å². The van der Waals surface area contributed by atoms with Gasteiger partial charge in [-0.2, -0.15) is 0 Å². The molecular formula is C23H23N5O2. The second kappa shape index (κ2) is 7.59. The lowest BCUT2D eigenvalue weighted by Crippen LogP contribution is -2.43. The molecular weight excluding hydrogens is 378 g/mol. The molecule has 30 heavy (non-hydrogen) atoms. The average Bonchev–Trinajstić information content (AvgIpc) is 3.36. The second-order valence-electron chi connectivity index (χ2n) is 7.61. The fraction of sp³-hybridized carbons (Fsp3) is 0.217. The van der Waals surface area contributed by atoms with Gasteiger partial charge in [-0.25, -0.2) is 4.79 Å². The summed E-state index contributed by atoms with van der Waals surface area (Å²) in [5, 5.41) is 8.03. The standard InChI is InChI=1S/C23H23N5O2/c29-22(26-16-5-6-19-15(13-16)7-10-24-19)8-11-25-23(30)28-12-9-18-17-3-1-2-4-20(17)27-21(18)14-28/h1-7,10,13,24,27H,8-9,11-12,14H2,(H,25,30)(H,26,29). The number of amides is 3. The number of nitrogens with one attached hydrogen (secondary N) is 4. The van der Waals surface area contributed by atoms with Gasteiger partial charge in [-0.1, -0.05) is 18.2 Å². The predicted octanol–water partition coefficient (Wildman–Crippen LogP) is 3.75. The molecule has 0 saturated heterocycles. The number of anilines is 1. The van der Waals surface area contributed by atoms with E-state index < -0.39 is 0 Å². The van der Waals surface area contributed by atoms with Crippen LogP contribution in [0.2, 0.25) is 0 Å². The number of rotatable bonds is 4. The van der Waals surface area contributed by atoms with Gasteiger partial charge in [-0.15, -0.1) is 0 Å². The van der Waals surface area contributed by atoms with E-state index in [2.05, 4.69) is 32.7 Å². The van der Waals surface area contributed by atoms with Crippen LogP contribution >= 0.6 is 0 Å². The lowest BCUT2D eigenvalue weighted by Gasteiger charge is -2.27. The van der Waals surface area contributed by atoms with Crippen LogP contribution < -0.4 is 10.6 Å². The van der Waals surface area contributed by atoms with Crippen LogP contribution in [0, 0.1) is 0 Å². The van der Waals surface area contributed by atoms with E-state index in [1.165, 1.54) is 10.9 Å². The maximum absolute atomic E-state index is 12.5. The lowest BCUT2D eigenvalue weighted by atomic mass is 10.0. The fourth-order valence-corrected chi connectivity index (χ4v) is 4.12. The summed E-state index contributed by atoms with van der Waals surface area (Å²) < 4.78 is 0. The molecule has 3 heterocycles. The highest BCUT2D eigenvalue weighted by atomic mass is 16.2. The maximum atomic E-state index is 12.5. The molecule has 2 aromatic carbocycles. The van der Waals surface area contributed by atoms with Crippen LogP contribution in [0.1, 0.15) is 17.7 Å². The van der Waals surface area contributed by atoms with Crippen LogP contribution in [0.4, 0.5) is 10.5 Å². The summed E-state index contributed by atoms with van der Waals surface area (Å²) in [5.41, 5.74) is 5.28. The molecule has 3 amide bonds. The molecule has 0 bridgehead atoms. The molecule has 7 heteroatoms. The van der Waals surface area contributed by atoms with Crippen LogP contribution in [0.3, 0.4) is 0 Å². The summed E-state index contributed by atoms with van der Waals surface area (Å²) in [6.07, 6.45) is 2.92. The Morgan fingerprint density at radius 1 is 1.07 bits per heavy atom. The Bertz CT molecular complexity index is 1240. The van der Waals surface area contributed by atoms with Gasteiger partial charge in [0.15, 0.2) is 0 Å². The van der Waals surface area contributed by atoms with E-state index in [9.17, 15) is 9.59 Å². The summed E-state index contributed by atoms with van der Waals surface area (Å²) in [5.74, 6) is -0.123. The first-order chi connectivity index (χ1) is 14.7. The van der Waals surface area contributed by atoms with Crippen molar-refractivity contribution in [3.8, 4) is 0 Å². The molecule has 0 fully saturated rings. The molecule has 0 saturated carbocycles. The zero-order valence-electron chi connectivity index (χ0n) is 16.5. The van der Waals surface area contributed by atoms with Crippen molar-refractivity contribution in [1.29, 1.82) is 0 Å². The highest BCUT2D eigenvalue weighted by Gasteiger charge is 2.23.